The lowest BCUT2D eigenvalue weighted by Crippen LogP contribution is -2.22. The fourth-order valence-corrected chi connectivity index (χ4v) is 3.51. The van der Waals surface area contributed by atoms with Crippen LogP contribution in [0.4, 0.5) is 0 Å². The Morgan fingerprint density at radius 2 is 1.25 bits per heavy atom. The molecule has 36 heavy (non-hydrogen) atoms. The zero-order valence-corrected chi connectivity index (χ0v) is 26.7. The van der Waals surface area contributed by atoms with E-state index in [0.717, 1.165) is 34.7 Å². The SMILES string of the molecule is CC.CC.CC.CC.CCCC(C)CC.CCc1c(-c2ccc(C)cc2)[nH]c(=O)c(C(C)=O)c1CC. The van der Waals surface area contributed by atoms with Crippen LogP contribution in [0, 0.1) is 12.8 Å². The molecule has 0 aliphatic heterocycles. The van der Waals surface area contributed by atoms with Crippen molar-refractivity contribution >= 4 is 5.78 Å². The normalized spacial score (nSPS) is 9.64. The number of nitrogens with one attached hydrogen (secondary N) is 1. The van der Waals surface area contributed by atoms with Crippen LogP contribution >= 0.6 is 0 Å². The van der Waals surface area contributed by atoms with Gasteiger partial charge in [0, 0.05) is 0 Å². The molecule has 0 radical (unpaired) electrons. The monoisotopic (exact) mass is 503 g/mol. The Balaban J connectivity index is -0.000000287. The maximum atomic E-state index is 12.3. The van der Waals surface area contributed by atoms with Crippen molar-refractivity contribution in [2.45, 2.75) is 136 Å². The Morgan fingerprint density at radius 3 is 1.56 bits per heavy atom. The molecule has 0 spiro atoms. The Morgan fingerprint density at radius 1 is 0.806 bits per heavy atom. The molecule has 2 rings (SSSR count). The molecule has 0 fully saturated rings. The number of Topliss-reactive ketones (excluding diaryl/α,β-unsaturated/α-hetero) is 1. The summed E-state index contributed by atoms with van der Waals surface area (Å²) in [6.45, 7) is 30.3. The Labute approximate surface area is 225 Å². The van der Waals surface area contributed by atoms with E-state index in [1.807, 2.05) is 93.5 Å². The average molecular weight is 504 g/mol. The predicted molar refractivity (Wildman–Crippen MR) is 166 cm³/mol. The fraction of sp³-hybridized carbons (Fsp3) is 0.636. The highest BCUT2D eigenvalue weighted by atomic mass is 16.1. The summed E-state index contributed by atoms with van der Waals surface area (Å²) in [6.07, 6.45) is 5.55. The maximum Gasteiger partial charge on any atom is 0.259 e. The molecule has 0 aliphatic rings. The van der Waals surface area contributed by atoms with Crippen molar-refractivity contribution in [3.8, 4) is 11.3 Å². The van der Waals surface area contributed by atoms with Crippen LogP contribution in [0.5, 0.6) is 0 Å². The van der Waals surface area contributed by atoms with Gasteiger partial charge in [0.2, 0.25) is 0 Å². The number of pyridine rings is 1. The minimum atomic E-state index is -0.285. The molecule has 3 heteroatoms. The van der Waals surface area contributed by atoms with Gasteiger partial charge in [-0.2, -0.15) is 0 Å². The van der Waals surface area contributed by atoms with E-state index in [2.05, 4.69) is 32.7 Å². The summed E-state index contributed by atoms with van der Waals surface area (Å²) >= 11 is 0. The summed E-state index contributed by atoms with van der Waals surface area (Å²) < 4.78 is 0. The number of ketones is 1. The predicted octanol–water partition coefficient (Wildman–Crippen LogP) is 10.6. The van der Waals surface area contributed by atoms with E-state index in [-0.39, 0.29) is 11.3 Å². The van der Waals surface area contributed by atoms with Crippen molar-refractivity contribution in [3.05, 3.63) is 56.9 Å². The van der Waals surface area contributed by atoms with Crippen LogP contribution in [0.3, 0.4) is 0 Å². The molecule has 0 aliphatic carbocycles. The number of carbonyl (C=O) groups excluding carboxylic acids is 1. The van der Waals surface area contributed by atoms with E-state index in [1.165, 1.54) is 31.7 Å². The molecule has 1 N–H and O–H groups in total. The number of carbonyl (C=O) groups is 1. The van der Waals surface area contributed by atoms with E-state index in [9.17, 15) is 9.59 Å². The summed E-state index contributed by atoms with van der Waals surface area (Å²) in [5.41, 5.74) is 4.96. The van der Waals surface area contributed by atoms with Crippen LogP contribution in [-0.4, -0.2) is 10.8 Å². The quantitative estimate of drug-likeness (QED) is 0.382. The number of H-pyrrole nitrogens is 1. The molecule has 210 valence electrons. The number of hydrogen-bond acceptors (Lipinski definition) is 2. The van der Waals surface area contributed by atoms with Crippen LogP contribution in [0.2, 0.25) is 0 Å². The first-order valence-corrected chi connectivity index (χ1v) is 14.7. The molecule has 1 aromatic heterocycles. The molecule has 0 amide bonds. The molecule has 3 nitrogen and oxygen atoms in total. The number of hydrogen-bond donors (Lipinski definition) is 1. The van der Waals surface area contributed by atoms with E-state index in [4.69, 9.17) is 0 Å². The molecule has 1 unspecified atom stereocenters. The minimum Gasteiger partial charge on any atom is -0.321 e. The Kier molecular flexibility index (Phi) is 31.2. The summed E-state index contributed by atoms with van der Waals surface area (Å²) in [7, 11) is 0. The van der Waals surface area contributed by atoms with Gasteiger partial charge in [-0.1, -0.05) is 139 Å². The number of aromatic nitrogens is 1. The van der Waals surface area contributed by atoms with E-state index in [1.54, 1.807) is 0 Å². The molecule has 1 atom stereocenters. The molecule has 1 aromatic carbocycles. The zero-order chi connectivity index (χ0) is 29.3. The van der Waals surface area contributed by atoms with Gasteiger partial charge in [0.25, 0.3) is 5.56 Å². The average Bonchev–Trinajstić information content (AvgIpc) is 2.93. The van der Waals surface area contributed by atoms with Gasteiger partial charge in [-0.25, -0.2) is 0 Å². The van der Waals surface area contributed by atoms with Crippen molar-refractivity contribution in [2.75, 3.05) is 0 Å². The lowest BCUT2D eigenvalue weighted by Gasteiger charge is -2.15. The van der Waals surface area contributed by atoms with E-state index in [0.29, 0.717) is 12.0 Å². The van der Waals surface area contributed by atoms with Gasteiger partial charge < -0.3 is 4.98 Å². The third kappa shape index (κ3) is 15.1. The summed E-state index contributed by atoms with van der Waals surface area (Å²) in [4.78, 5) is 27.0. The summed E-state index contributed by atoms with van der Waals surface area (Å²) in [6, 6.07) is 8.06. The van der Waals surface area contributed by atoms with Gasteiger partial charge in [-0.3, -0.25) is 9.59 Å². The molecule has 1 heterocycles. The van der Waals surface area contributed by atoms with Gasteiger partial charge >= 0.3 is 0 Å². The van der Waals surface area contributed by atoms with Gasteiger partial charge in [0.05, 0.1) is 11.3 Å². The van der Waals surface area contributed by atoms with Gasteiger partial charge in [-0.15, -0.1) is 0 Å². The van der Waals surface area contributed by atoms with E-state index < -0.39 is 0 Å². The van der Waals surface area contributed by atoms with Crippen molar-refractivity contribution in [1.82, 2.24) is 4.98 Å². The highest BCUT2D eigenvalue weighted by Gasteiger charge is 2.18. The van der Waals surface area contributed by atoms with Crippen LogP contribution in [0.15, 0.2) is 29.1 Å². The van der Waals surface area contributed by atoms with Crippen LogP contribution in [0.25, 0.3) is 11.3 Å². The van der Waals surface area contributed by atoms with Gasteiger partial charge in [-0.05, 0) is 49.3 Å². The van der Waals surface area contributed by atoms with E-state index >= 15 is 0 Å². The molecule has 2 aromatic rings. The lowest BCUT2D eigenvalue weighted by molar-refractivity contribution is 0.101. The molecular weight excluding hydrogens is 442 g/mol. The highest BCUT2D eigenvalue weighted by molar-refractivity contribution is 5.96. The molecule has 0 saturated carbocycles. The Hall–Kier alpha value is -2.16. The molecule has 0 saturated heterocycles. The van der Waals surface area contributed by atoms with Gasteiger partial charge in [0.15, 0.2) is 5.78 Å². The second kappa shape index (κ2) is 27.4. The topological polar surface area (TPSA) is 49.9 Å². The first-order valence-electron chi connectivity index (χ1n) is 14.7. The first-order chi connectivity index (χ1) is 17.3. The summed E-state index contributed by atoms with van der Waals surface area (Å²) in [5, 5.41) is 0. The van der Waals surface area contributed by atoms with Crippen molar-refractivity contribution in [1.29, 1.82) is 0 Å². The second-order valence-electron chi connectivity index (χ2n) is 7.59. The number of rotatable bonds is 7. The van der Waals surface area contributed by atoms with Gasteiger partial charge in [0.1, 0.15) is 0 Å². The molecule has 0 bridgehead atoms. The zero-order valence-electron chi connectivity index (χ0n) is 26.7. The minimum absolute atomic E-state index is 0.168. The standard InChI is InChI=1S/C18H21NO2.C7H16.4C2H6/c1-5-14-15(6-2)17(13-9-7-11(3)8-10-13)19-18(21)16(14)12(4)20;1-4-6-7(3)5-2;4*1-2/h7-10H,5-6H2,1-4H3,(H,19,21);7H,4-6H2,1-3H3;4*1-2H3. The molecular formula is C33H61NO2. The summed E-state index contributed by atoms with van der Waals surface area (Å²) in [5.74, 6) is 0.781. The number of benzene rings is 1. The first kappa shape index (κ1) is 41.0. The Bertz CT molecular complexity index is 817. The highest BCUT2D eigenvalue weighted by Crippen LogP contribution is 2.26. The smallest absolute Gasteiger partial charge is 0.259 e. The fourth-order valence-electron chi connectivity index (χ4n) is 3.51. The third-order valence-electron chi connectivity index (χ3n) is 5.31. The largest absolute Gasteiger partial charge is 0.321 e. The van der Waals surface area contributed by atoms with Crippen molar-refractivity contribution < 1.29 is 4.79 Å². The second-order valence-corrected chi connectivity index (χ2v) is 7.59. The van der Waals surface area contributed by atoms with Crippen LogP contribution in [0.1, 0.15) is 143 Å². The number of aromatic amines is 1. The van der Waals surface area contributed by atoms with Crippen LogP contribution < -0.4 is 5.56 Å². The lowest BCUT2D eigenvalue weighted by atomic mass is 9.92. The third-order valence-corrected chi connectivity index (χ3v) is 5.31. The van der Waals surface area contributed by atoms with Crippen LogP contribution in [-0.2, 0) is 12.8 Å². The van der Waals surface area contributed by atoms with Crippen molar-refractivity contribution in [2.24, 2.45) is 5.92 Å². The number of aryl methyl sites for hydroxylation is 1. The maximum absolute atomic E-state index is 12.3. The van der Waals surface area contributed by atoms with Crippen molar-refractivity contribution in [3.63, 3.8) is 0 Å².